The summed E-state index contributed by atoms with van der Waals surface area (Å²) in [6.07, 6.45) is 9.89. The summed E-state index contributed by atoms with van der Waals surface area (Å²) < 4.78 is 7.16. The Hall–Kier alpha value is -2.94. The van der Waals surface area contributed by atoms with Crippen LogP contribution >= 0.6 is 0 Å². The fourth-order valence-corrected chi connectivity index (χ4v) is 5.85. The predicted molar refractivity (Wildman–Crippen MR) is 138 cm³/mol. The summed E-state index contributed by atoms with van der Waals surface area (Å²) in [7, 11) is 1.74. The normalized spacial score (nSPS) is 22.9. The largest absolute Gasteiger partial charge is 0.377 e. The Labute approximate surface area is 213 Å². The Morgan fingerprint density at radius 2 is 2.06 bits per heavy atom. The molecule has 9 heteroatoms. The van der Waals surface area contributed by atoms with Crippen molar-refractivity contribution in [1.29, 1.82) is 0 Å². The van der Waals surface area contributed by atoms with Crippen molar-refractivity contribution in [3.63, 3.8) is 0 Å². The van der Waals surface area contributed by atoms with Crippen molar-refractivity contribution >= 4 is 23.3 Å². The van der Waals surface area contributed by atoms with E-state index in [9.17, 15) is 9.59 Å². The van der Waals surface area contributed by atoms with E-state index in [0.29, 0.717) is 36.6 Å². The van der Waals surface area contributed by atoms with Crippen molar-refractivity contribution in [1.82, 2.24) is 20.1 Å². The maximum absolute atomic E-state index is 13.7. The second-order valence-corrected chi connectivity index (χ2v) is 10.9. The number of nitrogens with one attached hydrogen (secondary N) is 2. The summed E-state index contributed by atoms with van der Waals surface area (Å²) in [5, 5.41) is 10.3. The number of aromatic nitrogens is 3. The van der Waals surface area contributed by atoms with Gasteiger partial charge in [-0.2, -0.15) is 5.10 Å². The molecule has 9 nitrogen and oxygen atoms in total. The van der Waals surface area contributed by atoms with E-state index >= 15 is 0 Å². The zero-order valence-corrected chi connectivity index (χ0v) is 21.6. The SMILES string of the molecule is CCC1COCCN1c1ccc(NC(=O)[C@@H](NC(=O)c2ccnn2C)C(C2CCC2)C2(C)CC2)cn1. The Morgan fingerprint density at radius 3 is 2.64 bits per heavy atom. The van der Waals surface area contributed by atoms with Gasteiger partial charge in [-0.3, -0.25) is 14.3 Å². The lowest BCUT2D eigenvalue weighted by molar-refractivity contribution is -0.121. The minimum Gasteiger partial charge on any atom is -0.377 e. The molecule has 2 aromatic rings. The van der Waals surface area contributed by atoms with Gasteiger partial charge in [0.25, 0.3) is 5.91 Å². The number of anilines is 2. The highest BCUT2D eigenvalue weighted by molar-refractivity contribution is 6.00. The van der Waals surface area contributed by atoms with E-state index in [2.05, 4.69) is 39.5 Å². The molecule has 36 heavy (non-hydrogen) atoms. The van der Waals surface area contributed by atoms with Crippen molar-refractivity contribution in [2.75, 3.05) is 30.0 Å². The van der Waals surface area contributed by atoms with Crippen molar-refractivity contribution in [2.24, 2.45) is 24.3 Å². The first-order valence-electron chi connectivity index (χ1n) is 13.3. The van der Waals surface area contributed by atoms with Crippen LogP contribution in [0.3, 0.4) is 0 Å². The van der Waals surface area contributed by atoms with Gasteiger partial charge in [0.15, 0.2) is 0 Å². The van der Waals surface area contributed by atoms with Gasteiger partial charge in [0.05, 0.1) is 31.1 Å². The lowest BCUT2D eigenvalue weighted by Crippen LogP contribution is -2.54. The molecule has 0 radical (unpaired) electrons. The Kier molecular flexibility index (Phi) is 7.01. The van der Waals surface area contributed by atoms with Crippen LogP contribution < -0.4 is 15.5 Å². The topological polar surface area (TPSA) is 101 Å². The standard InChI is InChI=1S/C27H38N6O3/c1-4-20-17-36-15-14-33(20)22-9-8-19(16-28-22)30-26(35)24(31-25(34)21-10-13-29-32(21)3)23(18-6-5-7-18)27(2)11-12-27/h8-10,13,16,18,20,23-24H,4-7,11-12,14-15,17H2,1-3H3,(H,30,35)(H,31,34)/t20?,23?,24-/m0/s1. The first-order valence-corrected chi connectivity index (χ1v) is 13.3. The highest BCUT2D eigenvalue weighted by Crippen LogP contribution is 2.58. The van der Waals surface area contributed by atoms with Gasteiger partial charge in [0.1, 0.15) is 17.6 Å². The number of pyridine rings is 1. The quantitative estimate of drug-likeness (QED) is 0.554. The average molecular weight is 495 g/mol. The molecule has 5 rings (SSSR count). The molecule has 1 saturated heterocycles. The first-order chi connectivity index (χ1) is 17.4. The Bertz CT molecular complexity index is 1080. The van der Waals surface area contributed by atoms with Gasteiger partial charge >= 0.3 is 0 Å². The van der Waals surface area contributed by atoms with E-state index < -0.39 is 6.04 Å². The molecule has 3 aliphatic rings. The minimum atomic E-state index is -0.617. The number of carbonyl (C=O) groups excluding carboxylic acids is 2. The maximum Gasteiger partial charge on any atom is 0.270 e. The van der Waals surface area contributed by atoms with Gasteiger partial charge in [-0.05, 0) is 54.7 Å². The van der Waals surface area contributed by atoms with Crippen LogP contribution in [0.2, 0.25) is 0 Å². The zero-order chi connectivity index (χ0) is 25.3. The predicted octanol–water partition coefficient (Wildman–Crippen LogP) is 3.38. The highest BCUT2D eigenvalue weighted by Gasteiger charge is 2.54. The number of hydrogen-bond donors (Lipinski definition) is 2. The molecular weight excluding hydrogens is 456 g/mol. The third-order valence-electron chi connectivity index (χ3n) is 8.49. The summed E-state index contributed by atoms with van der Waals surface area (Å²) in [6, 6.07) is 5.23. The van der Waals surface area contributed by atoms with Crippen molar-refractivity contribution in [2.45, 2.75) is 64.5 Å². The molecule has 3 atom stereocenters. The molecule has 2 aromatic heterocycles. The molecule has 0 aromatic carbocycles. The number of nitrogens with zero attached hydrogens (tertiary/aromatic N) is 4. The van der Waals surface area contributed by atoms with Crippen LogP contribution in [0.15, 0.2) is 30.6 Å². The van der Waals surface area contributed by atoms with Gasteiger partial charge in [-0.25, -0.2) is 4.98 Å². The molecule has 3 fully saturated rings. The van der Waals surface area contributed by atoms with Crippen LogP contribution in [0.5, 0.6) is 0 Å². The number of hydrogen-bond acceptors (Lipinski definition) is 6. The van der Waals surface area contributed by atoms with Gasteiger partial charge in [0, 0.05) is 19.8 Å². The van der Waals surface area contributed by atoms with Crippen LogP contribution in [0, 0.1) is 17.3 Å². The molecule has 0 bridgehead atoms. The molecular formula is C27H38N6O3. The monoisotopic (exact) mass is 494 g/mol. The Balaban J connectivity index is 1.35. The van der Waals surface area contributed by atoms with Crippen molar-refractivity contribution in [3.8, 4) is 0 Å². The van der Waals surface area contributed by atoms with Crippen LogP contribution in [0.1, 0.15) is 62.9 Å². The number of morpholine rings is 1. The van der Waals surface area contributed by atoms with Gasteiger partial charge in [-0.15, -0.1) is 0 Å². The minimum absolute atomic E-state index is 0.0838. The van der Waals surface area contributed by atoms with Crippen LogP contribution in [-0.2, 0) is 16.6 Å². The third-order valence-corrected chi connectivity index (χ3v) is 8.49. The first kappa shape index (κ1) is 24.7. The summed E-state index contributed by atoms with van der Waals surface area (Å²) in [5.74, 6) is 1.00. The van der Waals surface area contributed by atoms with E-state index in [0.717, 1.165) is 44.5 Å². The van der Waals surface area contributed by atoms with Gasteiger partial charge < -0.3 is 20.3 Å². The second kappa shape index (κ2) is 10.2. The average Bonchev–Trinajstić information content (AvgIpc) is 3.45. The van der Waals surface area contributed by atoms with Crippen molar-refractivity contribution < 1.29 is 14.3 Å². The van der Waals surface area contributed by atoms with E-state index in [4.69, 9.17) is 4.74 Å². The molecule has 2 N–H and O–H groups in total. The number of carbonyl (C=O) groups is 2. The number of aryl methyl sites for hydroxylation is 1. The van der Waals surface area contributed by atoms with E-state index in [1.165, 1.54) is 6.42 Å². The number of ether oxygens (including phenoxy) is 1. The highest BCUT2D eigenvalue weighted by atomic mass is 16.5. The molecule has 0 spiro atoms. The zero-order valence-electron chi connectivity index (χ0n) is 21.6. The number of amides is 2. The molecule has 3 heterocycles. The van der Waals surface area contributed by atoms with Crippen LogP contribution in [-0.4, -0.2) is 58.4 Å². The number of rotatable bonds is 9. The van der Waals surface area contributed by atoms with Gasteiger partial charge in [-0.1, -0.05) is 33.1 Å². The third kappa shape index (κ3) is 4.98. The molecule has 2 saturated carbocycles. The molecule has 2 unspecified atom stereocenters. The molecule has 194 valence electrons. The lowest BCUT2D eigenvalue weighted by Gasteiger charge is -2.42. The second-order valence-electron chi connectivity index (χ2n) is 10.9. The van der Waals surface area contributed by atoms with Crippen LogP contribution in [0.25, 0.3) is 0 Å². The summed E-state index contributed by atoms with van der Waals surface area (Å²) in [6.45, 7) is 6.61. The maximum atomic E-state index is 13.7. The van der Waals surface area contributed by atoms with E-state index in [1.54, 1.807) is 30.2 Å². The van der Waals surface area contributed by atoms with Gasteiger partial charge in [0.2, 0.25) is 5.91 Å². The lowest BCUT2D eigenvalue weighted by atomic mass is 9.66. The fraction of sp³-hybridized carbons (Fsp3) is 0.630. The summed E-state index contributed by atoms with van der Waals surface area (Å²) >= 11 is 0. The van der Waals surface area contributed by atoms with E-state index in [1.807, 2.05) is 12.1 Å². The fourth-order valence-electron chi connectivity index (χ4n) is 5.85. The van der Waals surface area contributed by atoms with E-state index in [-0.39, 0.29) is 23.1 Å². The molecule has 1 aliphatic heterocycles. The Morgan fingerprint density at radius 1 is 1.25 bits per heavy atom. The summed E-state index contributed by atoms with van der Waals surface area (Å²) in [5.41, 5.74) is 1.17. The van der Waals surface area contributed by atoms with Crippen molar-refractivity contribution in [3.05, 3.63) is 36.3 Å². The molecule has 2 amide bonds. The molecule has 2 aliphatic carbocycles. The summed E-state index contributed by atoms with van der Waals surface area (Å²) in [4.78, 5) is 33.8. The van der Waals surface area contributed by atoms with Crippen LogP contribution in [0.4, 0.5) is 11.5 Å². The smallest absolute Gasteiger partial charge is 0.270 e.